The molecule has 0 aliphatic carbocycles. The number of anilines is 1. The van der Waals surface area contributed by atoms with Crippen molar-refractivity contribution in [1.82, 2.24) is 15.1 Å². The Morgan fingerprint density at radius 3 is 2.30 bits per heavy atom. The van der Waals surface area contributed by atoms with Crippen LogP contribution in [0.3, 0.4) is 0 Å². The quantitative estimate of drug-likeness (QED) is 0.841. The molecule has 23 heavy (non-hydrogen) atoms. The molecule has 3 aliphatic heterocycles. The van der Waals surface area contributed by atoms with Crippen molar-refractivity contribution in [3.8, 4) is 11.5 Å². The van der Waals surface area contributed by atoms with Crippen LogP contribution in [0.5, 0.6) is 11.5 Å². The molecule has 0 saturated carbocycles. The van der Waals surface area contributed by atoms with Gasteiger partial charge in [0.05, 0.1) is 14.2 Å². The second kappa shape index (κ2) is 7.06. The molecule has 3 heterocycles. The maximum Gasteiger partial charge on any atom is 0.319 e. The third-order valence-electron chi connectivity index (χ3n) is 4.50. The van der Waals surface area contributed by atoms with Crippen LogP contribution in [0, 0.1) is 0 Å². The standard InChI is InChI=1S/C16H24N4O3/c1-22-14-7-12(8-15(9-14)23-2)18-16(21)17-10-13-11-19-3-5-20(13)6-4-19/h7-9,13H,3-6,10-11H2,1-2H3,(H2,17,18,21). The highest BCUT2D eigenvalue weighted by Crippen LogP contribution is 2.25. The number of carbonyl (C=O) groups is 1. The fourth-order valence-electron chi connectivity index (χ4n) is 3.18. The second-order valence-electron chi connectivity index (χ2n) is 5.93. The number of urea groups is 1. The Morgan fingerprint density at radius 1 is 1.13 bits per heavy atom. The summed E-state index contributed by atoms with van der Waals surface area (Å²) in [6.45, 7) is 6.18. The third-order valence-corrected chi connectivity index (χ3v) is 4.50. The van der Waals surface area contributed by atoms with Gasteiger partial charge in [-0.2, -0.15) is 0 Å². The average Bonchev–Trinajstić information content (AvgIpc) is 2.60. The van der Waals surface area contributed by atoms with Crippen LogP contribution in [0.25, 0.3) is 0 Å². The summed E-state index contributed by atoms with van der Waals surface area (Å²) in [5, 5.41) is 5.79. The lowest BCUT2D eigenvalue weighted by atomic mass is 10.1. The minimum atomic E-state index is -0.210. The number of nitrogens with one attached hydrogen (secondary N) is 2. The van der Waals surface area contributed by atoms with Gasteiger partial charge in [-0.05, 0) is 0 Å². The largest absolute Gasteiger partial charge is 0.497 e. The van der Waals surface area contributed by atoms with E-state index in [-0.39, 0.29) is 6.03 Å². The van der Waals surface area contributed by atoms with E-state index < -0.39 is 0 Å². The maximum absolute atomic E-state index is 12.1. The first-order valence-corrected chi connectivity index (χ1v) is 7.92. The predicted octanol–water partition coefficient (Wildman–Crippen LogP) is 0.825. The number of carbonyl (C=O) groups excluding carboxylic acids is 1. The summed E-state index contributed by atoms with van der Waals surface area (Å²) < 4.78 is 10.4. The number of amides is 2. The molecule has 2 bridgehead atoms. The lowest BCUT2D eigenvalue weighted by Gasteiger charge is -2.47. The van der Waals surface area contributed by atoms with E-state index in [1.807, 2.05) is 0 Å². The number of piperazine rings is 3. The topological polar surface area (TPSA) is 66.1 Å². The molecule has 7 nitrogen and oxygen atoms in total. The van der Waals surface area contributed by atoms with Gasteiger partial charge >= 0.3 is 6.03 Å². The Bertz CT molecular complexity index is 536. The number of fused-ring (bicyclic) bond motifs is 3. The van der Waals surface area contributed by atoms with Crippen molar-refractivity contribution >= 4 is 11.7 Å². The average molecular weight is 320 g/mol. The van der Waals surface area contributed by atoms with Crippen LogP contribution in [0.2, 0.25) is 0 Å². The molecule has 0 aromatic heterocycles. The zero-order chi connectivity index (χ0) is 16.2. The summed E-state index contributed by atoms with van der Waals surface area (Å²) in [7, 11) is 3.17. The lowest BCUT2D eigenvalue weighted by Crippen LogP contribution is -2.63. The molecule has 2 N–H and O–H groups in total. The number of methoxy groups -OCH3 is 2. The molecular weight excluding hydrogens is 296 g/mol. The van der Waals surface area contributed by atoms with Gasteiger partial charge in [0.2, 0.25) is 0 Å². The minimum absolute atomic E-state index is 0.210. The van der Waals surface area contributed by atoms with Gasteiger partial charge < -0.3 is 20.1 Å². The molecule has 0 radical (unpaired) electrons. The molecular formula is C16H24N4O3. The molecule has 126 valence electrons. The maximum atomic E-state index is 12.1. The highest BCUT2D eigenvalue weighted by molar-refractivity contribution is 5.89. The smallest absolute Gasteiger partial charge is 0.319 e. The number of rotatable bonds is 5. The molecule has 1 aromatic carbocycles. The summed E-state index contributed by atoms with van der Waals surface area (Å²) in [6, 6.07) is 5.49. The monoisotopic (exact) mass is 320 g/mol. The van der Waals surface area contributed by atoms with E-state index in [4.69, 9.17) is 9.47 Å². The number of benzene rings is 1. The molecule has 0 spiro atoms. The number of hydrogen-bond acceptors (Lipinski definition) is 5. The Hall–Kier alpha value is -1.99. The van der Waals surface area contributed by atoms with Crippen molar-refractivity contribution in [2.24, 2.45) is 0 Å². The Kier molecular flexibility index (Phi) is 4.88. The van der Waals surface area contributed by atoms with Gasteiger partial charge in [0, 0.05) is 69.2 Å². The van der Waals surface area contributed by atoms with Crippen molar-refractivity contribution in [3.63, 3.8) is 0 Å². The number of hydrogen-bond donors (Lipinski definition) is 2. The number of nitrogens with zero attached hydrogens (tertiary/aromatic N) is 2. The molecule has 1 aromatic rings. The van der Waals surface area contributed by atoms with E-state index in [0.29, 0.717) is 29.8 Å². The Morgan fingerprint density at radius 2 is 1.78 bits per heavy atom. The molecule has 2 amide bonds. The second-order valence-corrected chi connectivity index (χ2v) is 5.93. The third kappa shape index (κ3) is 3.86. The fourth-order valence-corrected chi connectivity index (χ4v) is 3.18. The molecule has 1 unspecified atom stereocenters. The highest BCUT2D eigenvalue weighted by Gasteiger charge is 2.31. The van der Waals surface area contributed by atoms with Crippen molar-refractivity contribution < 1.29 is 14.3 Å². The van der Waals surface area contributed by atoms with Crippen LogP contribution >= 0.6 is 0 Å². The van der Waals surface area contributed by atoms with Gasteiger partial charge in [0.1, 0.15) is 11.5 Å². The van der Waals surface area contributed by atoms with Crippen molar-refractivity contribution in [2.45, 2.75) is 6.04 Å². The van der Waals surface area contributed by atoms with Gasteiger partial charge in [-0.3, -0.25) is 9.80 Å². The first-order valence-electron chi connectivity index (χ1n) is 7.92. The van der Waals surface area contributed by atoms with Gasteiger partial charge in [-0.1, -0.05) is 0 Å². The summed E-state index contributed by atoms with van der Waals surface area (Å²) in [5.74, 6) is 1.28. The fraction of sp³-hybridized carbons (Fsp3) is 0.562. The first kappa shape index (κ1) is 15.9. The summed E-state index contributed by atoms with van der Waals surface area (Å²) in [6.07, 6.45) is 0. The first-order chi connectivity index (χ1) is 11.2. The molecule has 7 heteroatoms. The van der Waals surface area contributed by atoms with Crippen LogP contribution in [0.4, 0.5) is 10.5 Å². The zero-order valence-electron chi connectivity index (χ0n) is 13.7. The zero-order valence-corrected chi connectivity index (χ0v) is 13.7. The Balaban J connectivity index is 1.53. The highest BCUT2D eigenvalue weighted by atomic mass is 16.5. The van der Waals surface area contributed by atoms with Crippen LogP contribution in [-0.4, -0.2) is 75.4 Å². The van der Waals surface area contributed by atoms with Crippen molar-refractivity contribution in [2.75, 3.05) is 58.8 Å². The van der Waals surface area contributed by atoms with E-state index in [1.165, 1.54) is 0 Å². The van der Waals surface area contributed by atoms with E-state index in [2.05, 4.69) is 20.4 Å². The lowest BCUT2D eigenvalue weighted by molar-refractivity contribution is 0.0149. The van der Waals surface area contributed by atoms with Crippen molar-refractivity contribution in [1.29, 1.82) is 0 Å². The normalized spacial score (nSPS) is 25.7. The summed E-state index contributed by atoms with van der Waals surface area (Å²) in [5.41, 5.74) is 0.646. The van der Waals surface area contributed by atoms with Gasteiger partial charge in [-0.15, -0.1) is 0 Å². The molecule has 3 aliphatic rings. The SMILES string of the molecule is COc1cc(NC(=O)NCC2CN3CCN2CC3)cc(OC)c1. The summed E-state index contributed by atoms with van der Waals surface area (Å²) in [4.78, 5) is 17.0. The molecule has 1 atom stereocenters. The van der Waals surface area contributed by atoms with E-state index in [9.17, 15) is 4.79 Å². The van der Waals surface area contributed by atoms with Crippen LogP contribution in [-0.2, 0) is 0 Å². The Labute approximate surface area is 136 Å². The van der Waals surface area contributed by atoms with Crippen LogP contribution in [0.15, 0.2) is 18.2 Å². The van der Waals surface area contributed by atoms with E-state index in [0.717, 1.165) is 32.7 Å². The minimum Gasteiger partial charge on any atom is -0.497 e. The van der Waals surface area contributed by atoms with E-state index >= 15 is 0 Å². The molecule has 4 rings (SSSR count). The number of ether oxygens (including phenoxy) is 2. The molecule has 3 saturated heterocycles. The van der Waals surface area contributed by atoms with Gasteiger partial charge in [-0.25, -0.2) is 4.79 Å². The summed E-state index contributed by atoms with van der Waals surface area (Å²) >= 11 is 0. The molecule has 3 fully saturated rings. The predicted molar refractivity (Wildman–Crippen MR) is 88.4 cm³/mol. The van der Waals surface area contributed by atoms with Crippen LogP contribution < -0.4 is 20.1 Å². The van der Waals surface area contributed by atoms with Crippen LogP contribution in [0.1, 0.15) is 0 Å². The van der Waals surface area contributed by atoms with Crippen molar-refractivity contribution in [3.05, 3.63) is 18.2 Å². The van der Waals surface area contributed by atoms with Gasteiger partial charge in [0.25, 0.3) is 0 Å². The van der Waals surface area contributed by atoms with E-state index in [1.54, 1.807) is 32.4 Å². The van der Waals surface area contributed by atoms with Gasteiger partial charge in [0.15, 0.2) is 0 Å².